The number of rotatable bonds is 6. The Morgan fingerprint density at radius 3 is 2.21 bits per heavy atom. The highest BCUT2D eigenvalue weighted by Crippen LogP contribution is 2.30. The average Bonchev–Trinajstić information content (AvgIpc) is 2.53. The van der Waals surface area contributed by atoms with Crippen LogP contribution in [0.2, 0.25) is 0 Å². The molecule has 0 fully saturated rings. The van der Waals surface area contributed by atoms with Crippen LogP contribution in [0.3, 0.4) is 0 Å². The van der Waals surface area contributed by atoms with Gasteiger partial charge in [-0.3, -0.25) is 9.10 Å². The minimum Gasteiger partial charge on any atom is -0.495 e. The van der Waals surface area contributed by atoms with E-state index in [0.29, 0.717) is 5.69 Å². The maximum Gasteiger partial charge on any atom is 0.268 e. The first kappa shape index (κ1) is 17.8. The fraction of sp³-hybridized carbons (Fsp3) is 0.235. The molecule has 2 aromatic rings. The van der Waals surface area contributed by atoms with Crippen molar-refractivity contribution in [3.8, 4) is 5.75 Å². The highest BCUT2D eigenvalue weighted by Gasteiger charge is 2.29. The van der Waals surface area contributed by atoms with Crippen LogP contribution in [0, 0.1) is 13.8 Å². The van der Waals surface area contributed by atoms with Gasteiger partial charge in [0.1, 0.15) is 17.2 Å². The molecule has 128 valence electrons. The molecule has 2 aromatic carbocycles. The second-order valence-electron chi connectivity index (χ2n) is 5.47. The fourth-order valence-corrected chi connectivity index (χ4v) is 3.95. The van der Waals surface area contributed by atoms with Crippen molar-refractivity contribution in [3.05, 3.63) is 53.6 Å². The number of amides is 1. The van der Waals surface area contributed by atoms with Gasteiger partial charge in [0.25, 0.3) is 10.0 Å². The molecule has 24 heavy (non-hydrogen) atoms. The summed E-state index contributed by atoms with van der Waals surface area (Å²) in [4.78, 5) is 11.4. The largest absolute Gasteiger partial charge is 0.495 e. The number of ether oxygens (including phenoxy) is 1. The Morgan fingerprint density at radius 2 is 1.67 bits per heavy atom. The van der Waals surface area contributed by atoms with Gasteiger partial charge < -0.3 is 10.5 Å². The van der Waals surface area contributed by atoms with Crippen LogP contribution in [-0.4, -0.2) is 28.0 Å². The van der Waals surface area contributed by atoms with Crippen LogP contribution in [-0.2, 0) is 14.8 Å². The number of aryl methyl sites for hydroxylation is 2. The van der Waals surface area contributed by atoms with Gasteiger partial charge in [0.05, 0.1) is 12.8 Å². The van der Waals surface area contributed by atoms with E-state index in [1.54, 1.807) is 43.3 Å². The number of primary amides is 1. The molecule has 0 aliphatic heterocycles. The maximum absolute atomic E-state index is 13.1. The number of methoxy groups -OCH3 is 1. The quantitative estimate of drug-likeness (QED) is 0.864. The molecule has 6 nitrogen and oxygen atoms in total. The predicted octanol–water partition coefficient (Wildman–Crippen LogP) is 1.99. The Hall–Kier alpha value is -2.54. The van der Waals surface area contributed by atoms with E-state index in [1.165, 1.54) is 13.2 Å². The van der Waals surface area contributed by atoms with Crippen LogP contribution < -0.4 is 14.8 Å². The monoisotopic (exact) mass is 348 g/mol. The van der Waals surface area contributed by atoms with Gasteiger partial charge in [-0.1, -0.05) is 23.8 Å². The van der Waals surface area contributed by atoms with Crippen LogP contribution in [0.4, 0.5) is 5.69 Å². The standard InChI is InChI=1S/C17H20N2O4S/c1-12-4-7-14(8-5-12)19(11-17(18)20)24(21,22)16-10-13(2)6-9-15(16)23-3/h4-10H,11H2,1-3H3,(H2,18,20). The molecule has 0 spiro atoms. The van der Waals surface area contributed by atoms with Crippen molar-refractivity contribution < 1.29 is 17.9 Å². The minimum absolute atomic E-state index is 0.00757. The summed E-state index contributed by atoms with van der Waals surface area (Å²) in [5, 5.41) is 0. The molecule has 0 saturated heterocycles. The lowest BCUT2D eigenvalue weighted by atomic mass is 10.2. The molecule has 2 rings (SSSR count). The van der Waals surface area contributed by atoms with Crippen LogP contribution in [0.25, 0.3) is 0 Å². The zero-order valence-electron chi connectivity index (χ0n) is 13.8. The van der Waals surface area contributed by atoms with Crippen molar-refractivity contribution in [1.29, 1.82) is 0 Å². The summed E-state index contributed by atoms with van der Waals surface area (Å²) in [6.07, 6.45) is 0. The summed E-state index contributed by atoms with van der Waals surface area (Å²) in [6, 6.07) is 11.7. The van der Waals surface area contributed by atoms with E-state index in [1.807, 2.05) is 6.92 Å². The van der Waals surface area contributed by atoms with Crippen LogP contribution in [0.5, 0.6) is 5.75 Å². The van der Waals surface area contributed by atoms with E-state index < -0.39 is 22.5 Å². The molecular formula is C17H20N2O4S. The SMILES string of the molecule is COc1ccc(C)cc1S(=O)(=O)N(CC(N)=O)c1ccc(C)cc1. The molecule has 0 aliphatic rings. The highest BCUT2D eigenvalue weighted by atomic mass is 32.2. The summed E-state index contributed by atoms with van der Waals surface area (Å²) in [5.74, 6) is -0.534. The summed E-state index contributed by atoms with van der Waals surface area (Å²) < 4.78 is 32.4. The molecular weight excluding hydrogens is 328 g/mol. The summed E-state index contributed by atoms with van der Waals surface area (Å²) >= 11 is 0. The molecule has 0 saturated carbocycles. The van der Waals surface area contributed by atoms with E-state index in [0.717, 1.165) is 15.4 Å². The van der Waals surface area contributed by atoms with Crippen molar-refractivity contribution in [2.75, 3.05) is 18.0 Å². The van der Waals surface area contributed by atoms with E-state index in [-0.39, 0.29) is 10.6 Å². The Bertz CT molecular complexity index is 845. The number of hydrogen-bond acceptors (Lipinski definition) is 4. The zero-order valence-corrected chi connectivity index (χ0v) is 14.6. The van der Waals surface area contributed by atoms with Gasteiger partial charge in [-0.2, -0.15) is 0 Å². The van der Waals surface area contributed by atoms with Gasteiger partial charge in [-0.15, -0.1) is 0 Å². The van der Waals surface area contributed by atoms with Gasteiger partial charge in [0.15, 0.2) is 0 Å². The highest BCUT2D eigenvalue weighted by molar-refractivity contribution is 7.93. The first-order chi connectivity index (χ1) is 11.3. The number of carbonyl (C=O) groups excluding carboxylic acids is 1. The molecule has 1 amide bonds. The molecule has 0 aromatic heterocycles. The number of nitrogens with two attached hydrogens (primary N) is 1. The third-order valence-electron chi connectivity index (χ3n) is 3.51. The van der Waals surface area contributed by atoms with Crippen molar-refractivity contribution in [1.82, 2.24) is 0 Å². The van der Waals surface area contributed by atoms with Gasteiger partial charge >= 0.3 is 0 Å². The second-order valence-corrected chi connectivity index (χ2v) is 7.30. The summed E-state index contributed by atoms with van der Waals surface area (Å²) in [6.45, 7) is 3.21. The fourth-order valence-electron chi connectivity index (χ4n) is 2.27. The zero-order chi connectivity index (χ0) is 17.9. The van der Waals surface area contributed by atoms with Gasteiger partial charge in [0.2, 0.25) is 5.91 Å². The lowest BCUT2D eigenvalue weighted by Gasteiger charge is -2.24. The van der Waals surface area contributed by atoms with Crippen LogP contribution in [0.1, 0.15) is 11.1 Å². The molecule has 7 heteroatoms. The third-order valence-corrected chi connectivity index (χ3v) is 5.30. The molecule has 0 aliphatic carbocycles. The number of nitrogens with zero attached hydrogens (tertiary/aromatic N) is 1. The number of benzene rings is 2. The Balaban J connectivity index is 2.62. The normalized spacial score (nSPS) is 11.1. The van der Waals surface area contributed by atoms with E-state index in [9.17, 15) is 13.2 Å². The first-order valence-electron chi connectivity index (χ1n) is 7.28. The number of anilines is 1. The smallest absolute Gasteiger partial charge is 0.268 e. The summed E-state index contributed by atoms with van der Waals surface area (Å²) in [7, 11) is -2.62. The molecule has 2 N–H and O–H groups in total. The predicted molar refractivity (Wildman–Crippen MR) is 92.6 cm³/mol. The lowest BCUT2D eigenvalue weighted by Crippen LogP contribution is -2.38. The number of hydrogen-bond donors (Lipinski definition) is 1. The van der Waals surface area contributed by atoms with Crippen molar-refractivity contribution in [3.63, 3.8) is 0 Å². The van der Waals surface area contributed by atoms with Crippen LogP contribution in [0.15, 0.2) is 47.4 Å². The second kappa shape index (κ2) is 6.92. The van der Waals surface area contributed by atoms with E-state index in [2.05, 4.69) is 0 Å². The van der Waals surface area contributed by atoms with Crippen molar-refractivity contribution >= 4 is 21.6 Å². The third kappa shape index (κ3) is 3.68. The Kier molecular flexibility index (Phi) is 5.14. The molecule has 0 radical (unpaired) electrons. The topological polar surface area (TPSA) is 89.7 Å². The molecule has 0 unspecified atom stereocenters. The maximum atomic E-state index is 13.1. The minimum atomic E-state index is -4.02. The van der Waals surface area contributed by atoms with Crippen LogP contribution >= 0.6 is 0 Å². The molecule has 0 bridgehead atoms. The Morgan fingerprint density at radius 1 is 1.08 bits per heavy atom. The van der Waals surface area contributed by atoms with Crippen molar-refractivity contribution in [2.24, 2.45) is 5.73 Å². The van der Waals surface area contributed by atoms with E-state index >= 15 is 0 Å². The molecule has 0 heterocycles. The number of sulfonamides is 1. The Labute approximate surface area is 141 Å². The average molecular weight is 348 g/mol. The first-order valence-corrected chi connectivity index (χ1v) is 8.72. The van der Waals surface area contributed by atoms with Gasteiger partial charge in [0, 0.05) is 0 Å². The van der Waals surface area contributed by atoms with Gasteiger partial charge in [-0.05, 0) is 43.7 Å². The van der Waals surface area contributed by atoms with Gasteiger partial charge in [-0.25, -0.2) is 8.42 Å². The number of carbonyl (C=O) groups is 1. The molecule has 0 atom stereocenters. The van der Waals surface area contributed by atoms with Crippen molar-refractivity contribution in [2.45, 2.75) is 18.7 Å². The van der Waals surface area contributed by atoms with E-state index in [4.69, 9.17) is 10.5 Å². The lowest BCUT2D eigenvalue weighted by molar-refractivity contribution is -0.116. The summed E-state index contributed by atoms with van der Waals surface area (Å²) in [5.41, 5.74) is 7.36.